The largest absolute Gasteiger partial charge is 0.399 e. The van der Waals surface area contributed by atoms with Crippen LogP contribution in [-0.4, -0.2) is 13.3 Å². The van der Waals surface area contributed by atoms with Gasteiger partial charge in [-0.2, -0.15) is 0 Å². The molecule has 2 nitrogen and oxygen atoms in total. The number of rotatable bonds is 4. The summed E-state index contributed by atoms with van der Waals surface area (Å²) in [4.78, 5) is 4.67. The minimum Gasteiger partial charge on any atom is -0.399 e. The first-order valence-electron chi connectivity index (χ1n) is 4.96. The van der Waals surface area contributed by atoms with Crippen LogP contribution in [0.3, 0.4) is 0 Å². The summed E-state index contributed by atoms with van der Waals surface area (Å²) in [7, 11) is 1.55. The second kappa shape index (κ2) is 5.35. The summed E-state index contributed by atoms with van der Waals surface area (Å²) in [6.07, 6.45) is 5.97. The highest BCUT2D eigenvalue weighted by atomic mass is 16.6. The Kier molecular flexibility index (Phi) is 4.10. The number of hydrogen-bond acceptors (Lipinski definition) is 2. The highest BCUT2D eigenvalue weighted by molar-refractivity contribution is 5.69. The van der Waals surface area contributed by atoms with Gasteiger partial charge in [-0.1, -0.05) is 61.5 Å². The van der Waals surface area contributed by atoms with Gasteiger partial charge in [0.05, 0.1) is 6.21 Å². The third-order valence-corrected chi connectivity index (χ3v) is 2.00. The summed E-state index contributed by atoms with van der Waals surface area (Å²) in [5.74, 6) is 0. The second-order valence-electron chi connectivity index (χ2n) is 3.98. The van der Waals surface area contributed by atoms with E-state index < -0.39 is 0 Å². The second-order valence-corrected chi connectivity index (χ2v) is 3.98. The van der Waals surface area contributed by atoms with Gasteiger partial charge >= 0.3 is 0 Å². The monoisotopic (exact) mass is 203 g/mol. The van der Waals surface area contributed by atoms with Gasteiger partial charge < -0.3 is 4.84 Å². The molecule has 2 heteroatoms. The highest BCUT2D eigenvalue weighted by Gasteiger charge is 2.09. The molecule has 0 saturated carbocycles. The van der Waals surface area contributed by atoms with Crippen LogP contribution in [0.25, 0.3) is 6.08 Å². The van der Waals surface area contributed by atoms with Crippen LogP contribution in [0.5, 0.6) is 0 Å². The van der Waals surface area contributed by atoms with E-state index in [4.69, 9.17) is 0 Å². The average molecular weight is 203 g/mol. The molecule has 0 atom stereocenters. The molecule has 0 saturated heterocycles. The Hall–Kier alpha value is -1.57. The van der Waals surface area contributed by atoms with Crippen LogP contribution in [0, 0.1) is 5.41 Å². The maximum Gasteiger partial charge on any atom is 0.106 e. The van der Waals surface area contributed by atoms with E-state index in [0.717, 1.165) is 0 Å². The fourth-order valence-corrected chi connectivity index (χ4v) is 1.11. The molecule has 0 unspecified atom stereocenters. The van der Waals surface area contributed by atoms with Crippen molar-refractivity contribution in [2.45, 2.75) is 13.8 Å². The van der Waals surface area contributed by atoms with Crippen molar-refractivity contribution >= 4 is 12.3 Å². The lowest BCUT2D eigenvalue weighted by atomic mass is 9.94. The third kappa shape index (κ3) is 4.45. The van der Waals surface area contributed by atoms with E-state index in [2.05, 4.69) is 48.1 Å². The van der Waals surface area contributed by atoms with Crippen molar-refractivity contribution < 1.29 is 4.84 Å². The Balaban J connectivity index is 2.68. The zero-order chi connectivity index (χ0) is 11.1. The highest BCUT2D eigenvalue weighted by Crippen LogP contribution is 2.16. The van der Waals surface area contributed by atoms with Crippen molar-refractivity contribution in [2.75, 3.05) is 7.11 Å². The molecule has 0 radical (unpaired) electrons. The van der Waals surface area contributed by atoms with Crippen molar-refractivity contribution in [3.05, 3.63) is 42.0 Å². The lowest BCUT2D eigenvalue weighted by Gasteiger charge is -2.12. The molecule has 0 aliphatic rings. The number of benzene rings is 1. The number of nitrogens with zero attached hydrogens (tertiary/aromatic N) is 1. The zero-order valence-corrected chi connectivity index (χ0v) is 9.47. The van der Waals surface area contributed by atoms with Gasteiger partial charge in [-0.3, -0.25) is 0 Å². The van der Waals surface area contributed by atoms with E-state index in [0.29, 0.717) is 0 Å². The molecule has 1 aromatic carbocycles. The zero-order valence-electron chi connectivity index (χ0n) is 9.47. The molecule has 0 spiro atoms. The van der Waals surface area contributed by atoms with Crippen LogP contribution in [-0.2, 0) is 4.84 Å². The molecule has 0 amide bonds. The quantitative estimate of drug-likeness (QED) is 0.543. The van der Waals surface area contributed by atoms with Crippen molar-refractivity contribution in [1.29, 1.82) is 0 Å². The summed E-state index contributed by atoms with van der Waals surface area (Å²) in [5.41, 5.74) is 1.10. The third-order valence-electron chi connectivity index (χ3n) is 2.00. The van der Waals surface area contributed by atoms with Crippen LogP contribution in [0.2, 0.25) is 0 Å². The number of hydrogen-bond donors (Lipinski definition) is 0. The van der Waals surface area contributed by atoms with Gasteiger partial charge in [0.25, 0.3) is 0 Å². The molecule has 0 heterocycles. The predicted octanol–water partition coefficient (Wildman–Crippen LogP) is 3.36. The summed E-state index contributed by atoms with van der Waals surface area (Å²) >= 11 is 0. The van der Waals surface area contributed by atoms with Crippen molar-refractivity contribution in [2.24, 2.45) is 10.6 Å². The van der Waals surface area contributed by atoms with Crippen molar-refractivity contribution in [1.82, 2.24) is 0 Å². The fourth-order valence-electron chi connectivity index (χ4n) is 1.11. The number of oxime groups is 1. The molecule has 0 aromatic heterocycles. The summed E-state index contributed by atoms with van der Waals surface area (Å²) in [6.45, 7) is 4.16. The first-order chi connectivity index (χ1) is 7.14. The molecular weight excluding hydrogens is 186 g/mol. The van der Waals surface area contributed by atoms with Gasteiger partial charge in [-0.05, 0) is 5.56 Å². The van der Waals surface area contributed by atoms with Gasteiger partial charge in [0.2, 0.25) is 0 Å². The maximum absolute atomic E-state index is 4.67. The first kappa shape index (κ1) is 11.5. The van der Waals surface area contributed by atoms with E-state index in [1.165, 1.54) is 5.56 Å². The molecule has 0 aliphatic heterocycles. The summed E-state index contributed by atoms with van der Waals surface area (Å²) < 4.78 is 0. The van der Waals surface area contributed by atoms with E-state index in [1.54, 1.807) is 13.3 Å². The molecule has 1 aromatic rings. The Morgan fingerprint density at radius 1 is 1.20 bits per heavy atom. The summed E-state index contributed by atoms with van der Waals surface area (Å²) in [5, 5.41) is 3.78. The van der Waals surface area contributed by atoms with Crippen LogP contribution >= 0.6 is 0 Å². The van der Waals surface area contributed by atoms with Crippen LogP contribution in [0.1, 0.15) is 19.4 Å². The van der Waals surface area contributed by atoms with E-state index in [9.17, 15) is 0 Å². The lowest BCUT2D eigenvalue weighted by Crippen LogP contribution is -2.08. The Labute approximate surface area is 91.3 Å². The van der Waals surface area contributed by atoms with E-state index in [-0.39, 0.29) is 5.41 Å². The standard InChI is InChI=1S/C13H17NO/c1-13(2,11-14-15-3)10-9-12-7-5-4-6-8-12/h4-11H,1-3H3/b10-9+,14-11+. The maximum atomic E-state index is 4.67. The molecule has 15 heavy (non-hydrogen) atoms. The van der Waals surface area contributed by atoms with Gasteiger partial charge in [-0.25, -0.2) is 0 Å². The summed E-state index contributed by atoms with van der Waals surface area (Å²) in [6, 6.07) is 10.2. The first-order valence-corrected chi connectivity index (χ1v) is 4.96. The minimum atomic E-state index is -0.0914. The SMILES string of the molecule is CO/N=C/C(C)(C)/C=C/c1ccccc1. The van der Waals surface area contributed by atoms with E-state index >= 15 is 0 Å². The van der Waals surface area contributed by atoms with Gasteiger partial charge in [0.1, 0.15) is 7.11 Å². The minimum absolute atomic E-state index is 0.0914. The molecule has 1 rings (SSSR count). The van der Waals surface area contributed by atoms with Gasteiger partial charge in [-0.15, -0.1) is 0 Å². The normalized spacial score (nSPS) is 12.5. The molecule has 0 aliphatic carbocycles. The van der Waals surface area contributed by atoms with Crippen LogP contribution < -0.4 is 0 Å². The van der Waals surface area contributed by atoms with Crippen LogP contribution in [0.15, 0.2) is 41.6 Å². The fraction of sp³-hybridized carbons (Fsp3) is 0.308. The van der Waals surface area contributed by atoms with Gasteiger partial charge in [0.15, 0.2) is 0 Å². The lowest BCUT2D eigenvalue weighted by molar-refractivity contribution is 0.212. The average Bonchev–Trinajstić information content (AvgIpc) is 2.25. The van der Waals surface area contributed by atoms with Crippen LogP contribution in [0.4, 0.5) is 0 Å². The smallest absolute Gasteiger partial charge is 0.106 e. The molecule has 80 valence electrons. The van der Waals surface area contributed by atoms with Crippen molar-refractivity contribution in [3.63, 3.8) is 0 Å². The molecule has 0 fully saturated rings. The Morgan fingerprint density at radius 2 is 1.87 bits per heavy atom. The van der Waals surface area contributed by atoms with Gasteiger partial charge in [0, 0.05) is 5.41 Å². The topological polar surface area (TPSA) is 21.6 Å². The molecular formula is C13H17NO. The molecule has 0 N–H and O–H groups in total. The molecule has 0 bridgehead atoms. The van der Waals surface area contributed by atoms with E-state index in [1.807, 2.05) is 18.2 Å². The Bertz CT molecular complexity index is 339. The predicted molar refractivity (Wildman–Crippen MR) is 64.8 cm³/mol. The number of allylic oxidation sites excluding steroid dienone is 1. The Morgan fingerprint density at radius 3 is 2.47 bits per heavy atom. The van der Waals surface area contributed by atoms with Crippen molar-refractivity contribution in [3.8, 4) is 0 Å².